The number of rotatable bonds is 7. The van der Waals surface area contributed by atoms with Crippen LogP contribution >= 0.6 is 0 Å². The Bertz CT molecular complexity index is 3870. The maximum Gasteiger partial charge on any atom is 0.180 e. The third kappa shape index (κ3) is 5.19. The van der Waals surface area contributed by atoms with Gasteiger partial charge in [0.1, 0.15) is 11.2 Å². The monoisotopic (exact) mass is 866 g/mol. The number of hydrogen-bond acceptors (Lipinski definition) is 1. The summed E-state index contributed by atoms with van der Waals surface area (Å²) < 4.78 is 7.19. The van der Waals surface area contributed by atoms with Crippen LogP contribution in [-0.4, -0.2) is 8.07 Å². The van der Waals surface area contributed by atoms with E-state index in [0.717, 1.165) is 21.9 Å². The average molecular weight is 867 g/mol. The van der Waals surface area contributed by atoms with E-state index in [1.165, 1.54) is 97.6 Å². The van der Waals surface area contributed by atoms with Crippen molar-refractivity contribution in [1.29, 1.82) is 0 Å². The zero-order chi connectivity index (χ0) is 44.1. The Morgan fingerprint density at radius 2 is 0.821 bits per heavy atom. The molecule has 0 bridgehead atoms. The first-order valence-electron chi connectivity index (χ1n) is 23.3. The summed E-state index contributed by atoms with van der Waals surface area (Å²) >= 11 is 0. The Hall–Kier alpha value is -8.30. The van der Waals surface area contributed by atoms with Gasteiger partial charge in [-0.1, -0.05) is 243 Å². The SMILES string of the molecule is c1ccc(C2(c3ccccc3)c3ccccc3-c3c2cc(-c2ccc4ccc5c([Si](c6ccccc6)(c6ccccc6)c6ccccc6)ccc6ccc2c4c65)c2c3oc3ccccc32)cc1. The van der Waals surface area contributed by atoms with Crippen molar-refractivity contribution >= 4 is 83.1 Å². The predicted octanol–water partition coefficient (Wildman–Crippen LogP) is 13.9. The van der Waals surface area contributed by atoms with Gasteiger partial charge in [0.2, 0.25) is 0 Å². The van der Waals surface area contributed by atoms with Gasteiger partial charge in [-0.2, -0.15) is 0 Å². The first kappa shape index (κ1) is 38.0. The van der Waals surface area contributed by atoms with Crippen LogP contribution < -0.4 is 20.7 Å². The highest BCUT2D eigenvalue weighted by atomic mass is 28.3. The summed E-state index contributed by atoms with van der Waals surface area (Å²) in [5.41, 5.74) is 11.0. The number of furan rings is 1. The summed E-state index contributed by atoms with van der Waals surface area (Å²) in [6.07, 6.45) is 0. The van der Waals surface area contributed by atoms with Crippen LogP contribution in [0, 0.1) is 0 Å². The molecule has 0 N–H and O–H groups in total. The number of benzene rings is 12. The van der Waals surface area contributed by atoms with E-state index in [1.807, 2.05) is 0 Å². The molecule has 2 heteroatoms. The molecular weight excluding hydrogens is 825 g/mol. The topological polar surface area (TPSA) is 13.1 Å². The van der Waals surface area contributed by atoms with Crippen LogP contribution in [0.5, 0.6) is 0 Å². The van der Waals surface area contributed by atoms with Crippen molar-refractivity contribution in [1.82, 2.24) is 0 Å². The highest BCUT2D eigenvalue weighted by Gasteiger charge is 2.48. The normalized spacial score (nSPS) is 13.2. The quantitative estimate of drug-likeness (QED) is 0.0884. The van der Waals surface area contributed by atoms with E-state index < -0.39 is 13.5 Å². The molecule has 14 rings (SSSR count). The zero-order valence-electron chi connectivity index (χ0n) is 36.7. The summed E-state index contributed by atoms with van der Waals surface area (Å²) in [5, 5.41) is 15.5. The smallest absolute Gasteiger partial charge is 0.180 e. The van der Waals surface area contributed by atoms with Gasteiger partial charge < -0.3 is 4.42 Å². The third-order valence-electron chi connectivity index (χ3n) is 15.0. The molecule has 1 aromatic heterocycles. The second-order valence-electron chi connectivity index (χ2n) is 18.2. The van der Waals surface area contributed by atoms with Crippen LogP contribution in [0.4, 0.5) is 0 Å². The van der Waals surface area contributed by atoms with Crippen molar-refractivity contribution in [3.8, 4) is 22.3 Å². The Kier molecular flexibility index (Phi) is 8.28. The molecule has 0 spiro atoms. The fraction of sp³-hybridized carbons (Fsp3) is 0.0154. The zero-order valence-corrected chi connectivity index (χ0v) is 37.7. The van der Waals surface area contributed by atoms with Crippen LogP contribution in [0.15, 0.2) is 259 Å². The lowest BCUT2D eigenvalue weighted by atomic mass is 9.67. The lowest BCUT2D eigenvalue weighted by Gasteiger charge is -2.35. The van der Waals surface area contributed by atoms with Gasteiger partial charge in [-0.05, 0) is 104 Å². The molecule has 0 fully saturated rings. The molecule has 0 amide bonds. The molecule has 13 aromatic rings. The number of hydrogen-bond donors (Lipinski definition) is 0. The lowest BCUT2D eigenvalue weighted by Crippen LogP contribution is -2.74. The summed E-state index contributed by atoms with van der Waals surface area (Å²) in [4.78, 5) is 0. The molecule has 0 atom stereocenters. The molecule has 0 unspecified atom stereocenters. The summed E-state index contributed by atoms with van der Waals surface area (Å²) in [5.74, 6) is 0. The summed E-state index contributed by atoms with van der Waals surface area (Å²) in [6.45, 7) is 0. The maximum absolute atomic E-state index is 7.19. The number of fused-ring (bicyclic) bond motifs is 7. The van der Waals surface area contributed by atoms with E-state index in [9.17, 15) is 0 Å². The van der Waals surface area contributed by atoms with Gasteiger partial charge in [0, 0.05) is 16.3 Å². The predicted molar refractivity (Wildman–Crippen MR) is 284 cm³/mol. The minimum Gasteiger partial charge on any atom is -0.455 e. The molecule has 1 aliphatic carbocycles. The first-order valence-corrected chi connectivity index (χ1v) is 25.3. The molecule has 0 radical (unpaired) electrons. The van der Waals surface area contributed by atoms with Crippen molar-refractivity contribution in [3.63, 3.8) is 0 Å². The Labute approximate surface area is 390 Å². The summed E-state index contributed by atoms with van der Waals surface area (Å²) in [6, 6.07) is 95.3. The van der Waals surface area contributed by atoms with Crippen LogP contribution in [0.3, 0.4) is 0 Å². The van der Waals surface area contributed by atoms with Gasteiger partial charge in [0.15, 0.2) is 8.07 Å². The van der Waals surface area contributed by atoms with Crippen LogP contribution in [-0.2, 0) is 5.41 Å². The van der Waals surface area contributed by atoms with Crippen molar-refractivity contribution in [2.24, 2.45) is 0 Å². The van der Waals surface area contributed by atoms with E-state index in [4.69, 9.17) is 4.42 Å². The van der Waals surface area contributed by atoms with E-state index in [1.54, 1.807) is 0 Å². The molecule has 0 saturated heterocycles. The highest BCUT2D eigenvalue weighted by Crippen LogP contribution is 2.60. The van der Waals surface area contributed by atoms with Crippen molar-refractivity contribution in [3.05, 3.63) is 277 Å². The minimum absolute atomic E-state index is 0.588. The van der Waals surface area contributed by atoms with Crippen molar-refractivity contribution in [2.75, 3.05) is 0 Å². The Morgan fingerprint density at radius 3 is 1.45 bits per heavy atom. The third-order valence-corrected chi connectivity index (χ3v) is 19.9. The highest BCUT2D eigenvalue weighted by molar-refractivity contribution is 7.20. The molecule has 0 aliphatic heterocycles. The molecule has 1 heterocycles. The van der Waals surface area contributed by atoms with Crippen molar-refractivity contribution < 1.29 is 4.42 Å². The van der Waals surface area contributed by atoms with Gasteiger partial charge in [0.25, 0.3) is 0 Å². The lowest BCUT2D eigenvalue weighted by molar-refractivity contribution is 0.669. The van der Waals surface area contributed by atoms with Gasteiger partial charge in [0.05, 0.1) is 5.41 Å². The first-order chi connectivity index (χ1) is 33.3. The molecule has 67 heavy (non-hydrogen) atoms. The van der Waals surface area contributed by atoms with Crippen LogP contribution in [0.2, 0.25) is 0 Å². The van der Waals surface area contributed by atoms with E-state index in [0.29, 0.717) is 0 Å². The molecule has 12 aromatic carbocycles. The van der Waals surface area contributed by atoms with Gasteiger partial charge in [-0.3, -0.25) is 0 Å². The molecule has 1 nitrogen and oxygen atoms in total. The largest absolute Gasteiger partial charge is 0.455 e. The summed E-state index contributed by atoms with van der Waals surface area (Å²) in [7, 11) is -2.86. The molecule has 0 saturated carbocycles. The fourth-order valence-electron chi connectivity index (χ4n) is 12.4. The second kappa shape index (κ2) is 14.6. The Morgan fingerprint density at radius 1 is 0.328 bits per heavy atom. The Balaban J connectivity index is 1.12. The fourth-order valence-corrected chi connectivity index (χ4v) is 17.4. The van der Waals surface area contributed by atoms with Crippen LogP contribution in [0.25, 0.3) is 76.5 Å². The van der Waals surface area contributed by atoms with E-state index >= 15 is 0 Å². The maximum atomic E-state index is 7.19. The van der Waals surface area contributed by atoms with Gasteiger partial charge >= 0.3 is 0 Å². The molecular formula is C65H42OSi. The standard InChI is InChI=1S/C65H42OSi/c1-6-20-45(21-7-1)65(46-22-8-2-9-23-46)56-32-18-16-30-52(56)63-57(65)42-55(62-53-31-17-19-33-58(53)66-64(62)63)50-38-34-43-36-40-54-59(41-37-44-35-39-51(50)60(43)61(44)54)67(47-24-10-3-11-25-47,48-26-12-4-13-27-48)49-28-14-5-15-29-49/h1-42H. The van der Waals surface area contributed by atoms with E-state index in [-0.39, 0.29) is 0 Å². The van der Waals surface area contributed by atoms with Crippen molar-refractivity contribution in [2.45, 2.75) is 5.41 Å². The van der Waals surface area contributed by atoms with E-state index in [2.05, 4.69) is 255 Å². The average Bonchev–Trinajstić information content (AvgIpc) is 3.94. The molecule has 1 aliphatic rings. The number of para-hydroxylation sites is 1. The second-order valence-corrected chi connectivity index (χ2v) is 21.9. The van der Waals surface area contributed by atoms with Gasteiger partial charge in [-0.25, -0.2) is 0 Å². The van der Waals surface area contributed by atoms with Crippen LogP contribution in [0.1, 0.15) is 22.3 Å². The minimum atomic E-state index is -2.86. The van der Waals surface area contributed by atoms with Gasteiger partial charge in [-0.15, -0.1) is 0 Å². The molecule has 312 valence electrons.